The van der Waals surface area contributed by atoms with Crippen molar-refractivity contribution in [1.82, 2.24) is 15.5 Å². The van der Waals surface area contributed by atoms with Gasteiger partial charge in [0.05, 0.1) is 12.7 Å². The number of aliphatic hydroxyl groups is 1. The van der Waals surface area contributed by atoms with Gasteiger partial charge in [0.15, 0.2) is 0 Å². The number of carbonyl (C=O) groups excluding carboxylic acids is 4. The molecular weight excluding hydrogens is 478 g/mol. The van der Waals surface area contributed by atoms with E-state index in [1.165, 1.54) is 4.90 Å². The Morgan fingerprint density at radius 2 is 1.89 bits per heavy atom. The van der Waals surface area contributed by atoms with E-state index in [9.17, 15) is 24.3 Å². The van der Waals surface area contributed by atoms with Gasteiger partial charge in [0, 0.05) is 18.9 Å². The van der Waals surface area contributed by atoms with Gasteiger partial charge in [-0.2, -0.15) is 0 Å². The van der Waals surface area contributed by atoms with Crippen molar-refractivity contribution in [3.63, 3.8) is 0 Å². The minimum absolute atomic E-state index is 0.0216. The molecule has 37 heavy (non-hydrogen) atoms. The highest BCUT2D eigenvalue weighted by molar-refractivity contribution is 5.96. The number of carbonyl (C=O) groups is 4. The maximum absolute atomic E-state index is 13.6. The smallest absolute Gasteiger partial charge is 0.408 e. The molecule has 0 radical (unpaired) electrons. The van der Waals surface area contributed by atoms with Crippen molar-refractivity contribution in [2.45, 2.75) is 102 Å². The van der Waals surface area contributed by atoms with Crippen molar-refractivity contribution in [1.29, 1.82) is 0 Å². The van der Waals surface area contributed by atoms with Crippen molar-refractivity contribution in [2.75, 3.05) is 13.2 Å². The number of unbranched alkanes of at least 4 members (excludes halogenated alkanes) is 3. The molecule has 5 atom stereocenters. The number of ether oxygens (including phenoxy) is 2. The molecule has 2 fully saturated rings. The molecule has 1 aliphatic heterocycles. The summed E-state index contributed by atoms with van der Waals surface area (Å²) in [4.78, 5) is 53.3. The highest BCUT2D eigenvalue weighted by Gasteiger charge is 2.62. The lowest BCUT2D eigenvalue weighted by Crippen LogP contribution is -2.56. The number of nitrogens with zero attached hydrogens (tertiary/aromatic N) is 1. The van der Waals surface area contributed by atoms with Gasteiger partial charge in [-0.25, -0.2) is 9.59 Å². The maximum atomic E-state index is 13.6. The summed E-state index contributed by atoms with van der Waals surface area (Å²) in [6.07, 6.45) is 5.77. The Morgan fingerprint density at radius 3 is 2.46 bits per heavy atom. The van der Waals surface area contributed by atoms with Crippen LogP contribution in [0.25, 0.3) is 0 Å². The predicted molar refractivity (Wildman–Crippen MR) is 138 cm³/mol. The van der Waals surface area contributed by atoms with E-state index >= 15 is 0 Å². The lowest BCUT2D eigenvalue weighted by molar-refractivity contribution is -0.150. The Labute approximate surface area is 219 Å². The summed E-state index contributed by atoms with van der Waals surface area (Å²) in [6, 6.07) is -1.93. The quantitative estimate of drug-likeness (QED) is 0.193. The van der Waals surface area contributed by atoms with Gasteiger partial charge in [0.1, 0.15) is 23.2 Å². The van der Waals surface area contributed by atoms with Crippen LogP contribution >= 0.6 is 0 Å². The van der Waals surface area contributed by atoms with Crippen LogP contribution < -0.4 is 10.6 Å². The van der Waals surface area contributed by atoms with Crippen molar-refractivity contribution < 1.29 is 33.8 Å². The van der Waals surface area contributed by atoms with E-state index in [1.807, 2.05) is 6.08 Å². The molecule has 1 heterocycles. The van der Waals surface area contributed by atoms with E-state index in [2.05, 4.69) is 23.8 Å². The van der Waals surface area contributed by atoms with Crippen molar-refractivity contribution in [3.8, 4) is 0 Å². The number of nitrogens with one attached hydrogen (secondary N) is 2. The van der Waals surface area contributed by atoms with E-state index in [-0.39, 0.29) is 25.5 Å². The molecule has 0 aromatic rings. The minimum Gasteiger partial charge on any atom is -0.464 e. The van der Waals surface area contributed by atoms with E-state index in [0.29, 0.717) is 19.3 Å². The highest BCUT2D eigenvalue weighted by atomic mass is 16.6. The Bertz CT molecular complexity index is 869. The monoisotopic (exact) mass is 521 g/mol. The van der Waals surface area contributed by atoms with Gasteiger partial charge in [-0.05, 0) is 53.4 Å². The Morgan fingerprint density at radius 1 is 1.19 bits per heavy atom. The van der Waals surface area contributed by atoms with Crippen LogP contribution in [0.4, 0.5) is 4.79 Å². The second kappa shape index (κ2) is 13.1. The fourth-order valence-corrected chi connectivity index (χ4v) is 4.59. The third-order valence-electron chi connectivity index (χ3n) is 6.54. The first kappa shape index (κ1) is 30.3. The molecule has 208 valence electrons. The topological polar surface area (TPSA) is 134 Å². The summed E-state index contributed by atoms with van der Waals surface area (Å²) < 4.78 is 10.5. The van der Waals surface area contributed by atoms with Crippen molar-refractivity contribution in [3.05, 3.63) is 25.3 Å². The molecule has 2 aliphatic rings. The van der Waals surface area contributed by atoms with E-state index in [0.717, 1.165) is 19.3 Å². The van der Waals surface area contributed by atoms with Crippen LogP contribution in [0.2, 0.25) is 0 Å². The van der Waals surface area contributed by atoms with Crippen LogP contribution in [-0.2, 0) is 23.9 Å². The molecule has 3 amide bonds. The molecule has 1 saturated carbocycles. The van der Waals surface area contributed by atoms with E-state index in [4.69, 9.17) is 9.47 Å². The molecule has 1 aliphatic carbocycles. The summed E-state index contributed by atoms with van der Waals surface area (Å²) in [5.41, 5.74) is -1.96. The number of hydrogen-bond acceptors (Lipinski definition) is 7. The molecular formula is C27H43N3O7. The fourth-order valence-electron chi connectivity index (χ4n) is 4.59. The first-order chi connectivity index (χ1) is 17.4. The number of aliphatic hydroxyl groups excluding tert-OH is 1. The number of likely N-dealkylation sites (tertiary alicyclic amines) is 1. The Balaban J connectivity index is 2.17. The molecule has 0 aromatic carbocycles. The zero-order valence-corrected chi connectivity index (χ0v) is 22.6. The SMILES string of the molecule is C=CCCCCC[C@H](NC(=O)OC(C)(C)C)C(=O)N1C[C@@H](O)C[C@H]1C(=O)NC1(C(=O)OCC)C[C@H]1C=C. The number of rotatable bonds is 13. The zero-order valence-electron chi connectivity index (χ0n) is 22.6. The number of esters is 1. The molecule has 10 nitrogen and oxygen atoms in total. The molecule has 2 rings (SSSR count). The number of β-amino-alcohol motifs (C(OH)–C–C–N with tert-alkyl or cyclic N) is 1. The normalized spacial score (nSPS) is 25.5. The van der Waals surface area contributed by atoms with Gasteiger partial charge < -0.3 is 30.1 Å². The third-order valence-corrected chi connectivity index (χ3v) is 6.54. The van der Waals surface area contributed by atoms with Crippen LogP contribution in [0, 0.1) is 5.92 Å². The zero-order chi connectivity index (χ0) is 27.8. The second-order valence-electron chi connectivity index (χ2n) is 10.7. The van der Waals surface area contributed by atoms with Gasteiger partial charge in [-0.1, -0.05) is 25.0 Å². The van der Waals surface area contributed by atoms with E-state index in [1.54, 1.807) is 33.8 Å². The van der Waals surface area contributed by atoms with Gasteiger partial charge in [0.25, 0.3) is 0 Å². The van der Waals surface area contributed by atoms with Gasteiger partial charge in [-0.3, -0.25) is 9.59 Å². The van der Waals surface area contributed by atoms with Crippen LogP contribution in [-0.4, -0.2) is 76.4 Å². The molecule has 0 aromatic heterocycles. The standard InChI is InChI=1S/C27H43N3O7/c1-7-10-11-12-13-14-20(28-25(35)37-26(4,5)6)23(33)30-17-19(31)15-21(30)22(32)29-27(16-18(27)8-2)24(34)36-9-3/h7-8,18-21,31H,1-2,9-17H2,3-6H3,(H,28,35)(H,29,32)/t18-,19+,20+,21+,27?/m1/s1. The average molecular weight is 522 g/mol. The van der Waals surface area contributed by atoms with Gasteiger partial charge in [0.2, 0.25) is 11.8 Å². The maximum Gasteiger partial charge on any atom is 0.408 e. The lowest BCUT2D eigenvalue weighted by atomic mass is 10.0. The Hall–Kier alpha value is -2.88. The molecule has 3 N–H and O–H groups in total. The molecule has 0 spiro atoms. The van der Waals surface area contributed by atoms with Gasteiger partial charge in [-0.15, -0.1) is 13.2 Å². The molecule has 0 bridgehead atoms. The Kier molecular flexibility index (Phi) is 10.7. The first-order valence-corrected chi connectivity index (χ1v) is 13.1. The largest absolute Gasteiger partial charge is 0.464 e. The van der Waals surface area contributed by atoms with Crippen molar-refractivity contribution >= 4 is 23.9 Å². The minimum atomic E-state index is -1.21. The summed E-state index contributed by atoms with van der Waals surface area (Å²) in [5.74, 6) is -1.85. The lowest BCUT2D eigenvalue weighted by Gasteiger charge is -2.30. The highest BCUT2D eigenvalue weighted by Crippen LogP contribution is 2.45. The molecule has 10 heteroatoms. The van der Waals surface area contributed by atoms with E-state index < -0.39 is 53.2 Å². The third kappa shape index (κ3) is 8.31. The summed E-state index contributed by atoms with van der Waals surface area (Å²) in [5, 5.41) is 15.8. The first-order valence-electron chi connectivity index (χ1n) is 13.1. The number of hydrogen-bond donors (Lipinski definition) is 3. The second-order valence-corrected chi connectivity index (χ2v) is 10.7. The molecule has 1 saturated heterocycles. The van der Waals surface area contributed by atoms with Gasteiger partial charge >= 0.3 is 12.1 Å². The fraction of sp³-hybridized carbons (Fsp3) is 0.704. The predicted octanol–water partition coefficient (Wildman–Crippen LogP) is 2.60. The van der Waals surface area contributed by atoms with Crippen LogP contribution in [0.1, 0.15) is 72.6 Å². The van der Waals surface area contributed by atoms with Crippen molar-refractivity contribution in [2.24, 2.45) is 5.92 Å². The van der Waals surface area contributed by atoms with Crippen LogP contribution in [0.5, 0.6) is 0 Å². The summed E-state index contributed by atoms with van der Waals surface area (Å²) in [7, 11) is 0. The summed E-state index contributed by atoms with van der Waals surface area (Å²) in [6.45, 7) is 14.4. The number of amides is 3. The average Bonchev–Trinajstić information content (AvgIpc) is 3.39. The number of alkyl carbamates (subject to hydrolysis) is 1. The number of allylic oxidation sites excluding steroid dienone is 1. The summed E-state index contributed by atoms with van der Waals surface area (Å²) >= 11 is 0. The van der Waals surface area contributed by atoms with Crippen LogP contribution in [0.15, 0.2) is 25.3 Å². The van der Waals surface area contributed by atoms with Crippen LogP contribution in [0.3, 0.4) is 0 Å². The molecule has 1 unspecified atom stereocenters.